The highest BCUT2D eigenvalue weighted by Gasteiger charge is 2.33. The summed E-state index contributed by atoms with van der Waals surface area (Å²) in [5.41, 5.74) is 0.972. The van der Waals surface area contributed by atoms with E-state index < -0.39 is 0 Å². The Hall–Kier alpha value is -1.73. The van der Waals surface area contributed by atoms with E-state index in [-0.39, 0.29) is 11.3 Å². The Bertz CT molecular complexity index is 471. The number of ether oxygens (including phenoxy) is 1. The maximum atomic E-state index is 10.2. The summed E-state index contributed by atoms with van der Waals surface area (Å²) in [6.07, 6.45) is 2.01. The van der Waals surface area contributed by atoms with Gasteiger partial charge in [-0.3, -0.25) is 0 Å². The zero-order chi connectivity index (χ0) is 12.5. The highest BCUT2D eigenvalue weighted by Crippen LogP contribution is 2.41. The fourth-order valence-corrected chi connectivity index (χ4v) is 2.37. The van der Waals surface area contributed by atoms with Crippen molar-refractivity contribution in [1.82, 2.24) is 5.32 Å². The van der Waals surface area contributed by atoms with Crippen molar-refractivity contribution >= 4 is 0 Å². The lowest BCUT2D eigenvalue weighted by Crippen LogP contribution is -2.33. The molecule has 1 fully saturated rings. The predicted octanol–water partition coefficient (Wildman–Crippen LogP) is 1.87. The topological polar surface area (TPSA) is 65.3 Å². The highest BCUT2D eigenvalue weighted by molar-refractivity contribution is 5.54. The first-order valence-corrected chi connectivity index (χ1v) is 5.67. The van der Waals surface area contributed by atoms with Crippen LogP contribution in [0.25, 0.3) is 0 Å². The number of rotatable bonds is 2. The molecular weight excluding hydrogens is 216 g/mol. The Kier molecular flexibility index (Phi) is 2.95. The SMILES string of the molecule is COc1cc(C#N)cc(C2(C)CCCN2)c1O. The molecule has 2 rings (SSSR count). The van der Waals surface area contributed by atoms with Crippen molar-refractivity contribution in [3.63, 3.8) is 0 Å². The molecule has 0 radical (unpaired) electrons. The summed E-state index contributed by atoms with van der Waals surface area (Å²) in [4.78, 5) is 0. The summed E-state index contributed by atoms with van der Waals surface area (Å²) in [7, 11) is 1.49. The molecule has 2 N–H and O–H groups in total. The summed E-state index contributed by atoms with van der Waals surface area (Å²) in [6.45, 7) is 2.96. The van der Waals surface area contributed by atoms with Crippen molar-refractivity contribution < 1.29 is 9.84 Å². The Morgan fingerprint density at radius 1 is 1.53 bits per heavy atom. The lowest BCUT2D eigenvalue weighted by atomic mass is 9.88. The van der Waals surface area contributed by atoms with Gasteiger partial charge in [0.2, 0.25) is 0 Å². The largest absolute Gasteiger partial charge is 0.504 e. The third-order valence-electron chi connectivity index (χ3n) is 3.39. The second-order valence-electron chi connectivity index (χ2n) is 4.55. The number of hydrogen-bond donors (Lipinski definition) is 2. The molecule has 1 unspecified atom stereocenters. The second kappa shape index (κ2) is 4.27. The van der Waals surface area contributed by atoms with Crippen LogP contribution in [0.3, 0.4) is 0 Å². The lowest BCUT2D eigenvalue weighted by molar-refractivity contribution is 0.351. The van der Waals surface area contributed by atoms with Gasteiger partial charge in [0.05, 0.1) is 18.7 Å². The van der Waals surface area contributed by atoms with Crippen molar-refractivity contribution in [2.75, 3.05) is 13.7 Å². The van der Waals surface area contributed by atoms with E-state index >= 15 is 0 Å². The molecule has 4 nitrogen and oxygen atoms in total. The van der Waals surface area contributed by atoms with E-state index in [4.69, 9.17) is 10.00 Å². The van der Waals surface area contributed by atoms with Gasteiger partial charge in [0.25, 0.3) is 0 Å². The van der Waals surface area contributed by atoms with Crippen LogP contribution in [0.15, 0.2) is 12.1 Å². The molecule has 1 aromatic carbocycles. The highest BCUT2D eigenvalue weighted by atomic mass is 16.5. The van der Waals surface area contributed by atoms with E-state index in [1.54, 1.807) is 12.1 Å². The molecule has 1 saturated heterocycles. The second-order valence-corrected chi connectivity index (χ2v) is 4.55. The molecule has 0 aromatic heterocycles. The molecule has 1 heterocycles. The molecule has 1 atom stereocenters. The number of methoxy groups -OCH3 is 1. The van der Waals surface area contributed by atoms with E-state index in [1.807, 2.05) is 6.92 Å². The van der Waals surface area contributed by atoms with Crippen molar-refractivity contribution in [3.05, 3.63) is 23.3 Å². The monoisotopic (exact) mass is 232 g/mol. The zero-order valence-electron chi connectivity index (χ0n) is 10.1. The van der Waals surface area contributed by atoms with E-state index in [0.29, 0.717) is 11.3 Å². The van der Waals surface area contributed by atoms with Gasteiger partial charge in [0, 0.05) is 17.2 Å². The van der Waals surface area contributed by atoms with Gasteiger partial charge in [0.15, 0.2) is 11.5 Å². The van der Waals surface area contributed by atoms with Crippen molar-refractivity contribution in [3.8, 4) is 17.6 Å². The summed E-state index contributed by atoms with van der Waals surface area (Å²) in [5.74, 6) is 0.484. The molecule has 17 heavy (non-hydrogen) atoms. The number of hydrogen-bond acceptors (Lipinski definition) is 4. The van der Waals surface area contributed by atoms with Crippen molar-refractivity contribution in [2.24, 2.45) is 0 Å². The molecule has 1 aliphatic rings. The average molecular weight is 232 g/mol. The van der Waals surface area contributed by atoms with Crippen molar-refractivity contribution in [1.29, 1.82) is 5.26 Å². The molecule has 0 bridgehead atoms. The molecule has 4 heteroatoms. The van der Waals surface area contributed by atoms with E-state index in [2.05, 4.69) is 11.4 Å². The van der Waals surface area contributed by atoms with Gasteiger partial charge in [-0.1, -0.05) is 0 Å². The quantitative estimate of drug-likeness (QED) is 0.817. The van der Waals surface area contributed by atoms with Gasteiger partial charge in [-0.2, -0.15) is 5.26 Å². The van der Waals surface area contributed by atoms with Crippen LogP contribution in [0.1, 0.15) is 30.9 Å². The first-order chi connectivity index (χ1) is 8.10. The minimum atomic E-state index is -0.274. The van der Waals surface area contributed by atoms with E-state index in [1.165, 1.54) is 7.11 Å². The molecule has 0 spiro atoms. The maximum absolute atomic E-state index is 10.2. The lowest BCUT2D eigenvalue weighted by Gasteiger charge is -2.26. The number of nitriles is 1. The van der Waals surface area contributed by atoms with Crippen LogP contribution in [0.2, 0.25) is 0 Å². The summed E-state index contributed by atoms with van der Waals surface area (Å²) in [6, 6.07) is 5.38. The van der Waals surface area contributed by atoms with Crippen LogP contribution in [0.5, 0.6) is 11.5 Å². The Morgan fingerprint density at radius 3 is 2.82 bits per heavy atom. The molecular formula is C13H16N2O2. The Morgan fingerprint density at radius 2 is 2.29 bits per heavy atom. The van der Waals surface area contributed by atoms with Gasteiger partial charge in [-0.25, -0.2) is 0 Å². The smallest absolute Gasteiger partial charge is 0.162 e. The standard InChI is InChI=1S/C13H16N2O2/c1-13(4-3-5-15-13)10-6-9(8-14)7-11(17-2)12(10)16/h6-7,15-16H,3-5H2,1-2H3. The van der Waals surface area contributed by atoms with E-state index in [0.717, 1.165) is 24.9 Å². The fraction of sp³-hybridized carbons (Fsp3) is 0.462. The summed E-state index contributed by atoms with van der Waals surface area (Å²) in [5, 5.41) is 22.5. The number of benzene rings is 1. The van der Waals surface area contributed by atoms with Crippen LogP contribution >= 0.6 is 0 Å². The zero-order valence-corrected chi connectivity index (χ0v) is 10.1. The Labute approximate surface area is 101 Å². The number of phenolic OH excluding ortho intramolecular Hbond substituents is 1. The normalized spacial score (nSPS) is 23.4. The third kappa shape index (κ3) is 1.94. The first kappa shape index (κ1) is 11.7. The average Bonchev–Trinajstić information content (AvgIpc) is 2.77. The fourth-order valence-electron chi connectivity index (χ4n) is 2.37. The molecule has 1 aliphatic heterocycles. The molecule has 0 amide bonds. The minimum absolute atomic E-state index is 0.128. The molecule has 0 saturated carbocycles. The van der Waals surface area contributed by atoms with Crippen molar-refractivity contribution in [2.45, 2.75) is 25.3 Å². The number of aromatic hydroxyl groups is 1. The van der Waals surface area contributed by atoms with Gasteiger partial charge in [0.1, 0.15) is 0 Å². The van der Waals surface area contributed by atoms with Crippen LogP contribution < -0.4 is 10.1 Å². The number of nitrogens with zero attached hydrogens (tertiary/aromatic N) is 1. The Balaban J connectivity index is 2.56. The van der Waals surface area contributed by atoms with Gasteiger partial charge in [-0.15, -0.1) is 0 Å². The first-order valence-electron chi connectivity index (χ1n) is 5.67. The predicted molar refractivity (Wildman–Crippen MR) is 64.0 cm³/mol. The van der Waals surface area contributed by atoms with Crippen LogP contribution in [-0.4, -0.2) is 18.8 Å². The number of nitrogens with one attached hydrogen (secondary N) is 1. The van der Waals surface area contributed by atoms with Gasteiger partial charge in [-0.05, 0) is 32.4 Å². The molecule has 90 valence electrons. The van der Waals surface area contributed by atoms with Crippen LogP contribution in [0.4, 0.5) is 0 Å². The molecule has 1 aromatic rings. The van der Waals surface area contributed by atoms with Gasteiger partial charge < -0.3 is 15.2 Å². The van der Waals surface area contributed by atoms with Gasteiger partial charge >= 0.3 is 0 Å². The third-order valence-corrected chi connectivity index (χ3v) is 3.39. The maximum Gasteiger partial charge on any atom is 0.162 e. The van der Waals surface area contributed by atoms with Crippen LogP contribution in [-0.2, 0) is 5.54 Å². The minimum Gasteiger partial charge on any atom is -0.504 e. The molecule has 0 aliphatic carbocycles. The summed E-state index contributed by atoms with van der Waals surface area (Å²) < 4.78 is 5.10. The van der Waals surface area contributed by atoms with E-state index in [9.17, 15) is 5.11 Å². The number of phenols is 1. The summed E-state index contributed by atoms with van der Waals surface area (Å²) >= 11 is 0. The van der Waals surface area contributed by atoms with Crippen LogP contribution in [0, 0.1) is 11.3 Å².